The van der Waals surface area contributed by atoms with E-state index < -0.39 is 0 Å². The number of fused-ring (bicyclic) bond motifs is 5. The van der Waals surface area contributed by atoms with Gasteiger partial charge in [0.2, 0.25) is 0 Å². The average molecular weight is 425 g/mol. The van der Waals surface area contributed by atoms with E-state index in [0.717, 1.165) is 40.6 Å². The van der Waals surface area contributed by atoms with Crippen molar-refractivity contribution < 1.29 is 9.47 Å². The summed E-state index contributed by atoms with van der Waals surface area (Å²) in [6, 6.07) is 16.2. The first kappa shape index (κ1) is 20.1. The topological polar surface area (TPSA) is 57.6 Å². The highest BCUT2D eigenvalue weighted by molar-refractivity contribution is 5.73. The third-order valence-corrected chi connectivity index (χ3v) is 5.77. The van der Waals surface area contributed by atoms with E-state index in [0.29, 0.717) is 12.2 Å². The summed E-state index contributed by atoms with van der Waals surface area (Å²) >= 11 is 0. The molecule has 2 aromatic heterocycles. The molecule has 1 aliphatic heterocycles. The number of hydrogen-bond acceptors (Lipinski definition) is 4. The Bertz CT molecular complexity index is 1290. The van der Waals surface area contributed by atoms with Crippen LogP contribution in [0, 0.1) is 6.57 Å². The number of nitrogens with zero attached hydrogens (tertiary/aromatic N) is 4. The van der Waals surface area contributed by atoms with Crippen molar-refractivity contribution in [2.75, 3.05) is 26.1 Å². The second-order valence-corrected chi connectivity index (χ2v) is 7.65. The van der Waals surface area contributed by atoms with Gasteiger partial charge in [-0.25, -0.2) is 9.83 Å². The van der Waals surface area contributed by atoms with Crippen LogP contribution in [-0.2, 0) is 16.0 Å². The molecule has 1 N–H and O–H groups in total. The van der Waals surface area contributed by atoms with Crippen LogP contribution in [0.5, 0.6) is 0 Å². The first-order valence-electron chi connectivity index (χ1n) is 10.3. The first-order valence-corrected chi connectivity index (χ1v) is 10.3. The van der Waals surface area contributed by atoms with E-state index in [1.165, 1.54) is 5.56 Å². The summed E-state index contributed by atoms with van der Waals surface area (Å²) in [6.07, 6.45) is 5.68. The summed E-state index contributed by atoms with van der Waals surface area (Å²) < 4.78 is 14.9. The van der Waals surface area contributed by atoms with E-state index in [1.54, 1.807) is 14.2 Å². The number of rotatable bonds is 6. The molecule has 32 heavy (non-hydrogen) atoms. The number of nitrogens with one attached hydrogen (secondary N) is 1. The van der Waals surface area contributed by atoms with Gasteiger partial charge >= 0.3 is 0 Å². The number of benzene rings is 2. The highest BCUT2D eigenvalue weighted by Crippen LogP contribution is 2.35. The van der Waals surface area contributed by atoms with Gasteiger partial charge in [0.25, 0.3) is 0 Å². The van der Waals surface area contributed by atoms with Gasteiger partial charge in [-0.15, -0.1) is 0 Å². The Balaban J connectivity index is 1.52. The maximum atomic E-state index is 7.17. The van der Waals surface area contributed by atoms with Gasteiger partial charge in [-0.05, 0) is 35.4 Å². The van der Waals surface area contributed by atoms with Crippen molar-refractivity contribution in [3.8, 4) is 28.3 Å². The predicted octanol–water partition coefficient (Wildman–Crippen LogP) is 4.95. The van der Waals surface area contributed by atoms with Crippen LogP contribution in [0.1, 0.15) is 5.56 Å². The van der Waals surface area contributed by atoms with Crippen LogP contribution < -0.4 is 5.32 Å². The van der Waals surface area contributed by atoms with Crippen LogP contribution in [0.2, 0.25) is 0 Å². The molecule has 0 spiro atoms. The minimum absolute atomic E-state index is 0.304. The minimum Gasteiger partial charge on any atom is -0.380 e. The van der Waals surface area contributed by atoms with Crippen molar-refractivity contribution in [2.24, 2.45) is 0 Å². The number of anilines is 1. The predicted molar refractivity (Wildman–Crippen MR) is 124 cm³/mol. The van der Waals surface area contributed by atoms with Crippen molar-refractivity contribution in [3.05, 3.63) is 84.1 Å². The third-order valence-electron chi connectivity index (χ3n) is 5.77. The lowest BCUT2D eigenvalue weighted by Crippen LogP contribution is -2.23. The molecule has 0 amide bonds. The van der Waals surface area contributed by atoms with Crippen molar-refractivity contribution in [1.82, 2.24) is 14.1 Å². The molecular formula is C25H23N5O2. The molecule has 7 heteroatoms. The molecule has 0 aliphatic carbocycles. The van der Waals surface area contributed by atoms with Gasteiger partial charge in [-0.3, -0.25) is 4.57 Å². The molecule has 1 aliphatic rings. The molecule has 5 rings (SSSR count). The maximum absolute atomic E-state index is 7.17. The van der Waals surface area contributed by atoms with Gasteiger partial charge < -0.3 is 19.4 Å². The Labute approximate surface area is 186 Å². The Morgan fingerprint density at radius 3 is 2.66 bits per heavy atom. The van der Waals surface area contributed by atoms with Crippen LogP contribution in [0.15, 0.2) is 67.1 Å². The molecule has 0 unspecified atom stereocenters. The Morgan fingerprint density at radius 1 is 1.09 bits per heavy atom. The maximum Gasteiger partial charge on any atom is 0.187 e. The van der Waals surface area contributed by atoms with Crippen LogP contribution >= 0.6 is 0 Å². The molecule has 160 valence electrons. The Kier molecular flexibility index (Phi) is 5.23. The smallest absolute Gasteiger partial charge is 0.187 e. The summed E-state index contributed by atoms with van der Waals surface area (Å²) in [5.41, 5.74) is 7.19. The molecule has 3 heterocycles. The fourth-order valence-electron chi connectivity index (χ4n) is 4.11. The number of imidazole rings is 1. The SMILES string of the molecule is [C-]#[N+]c1ccc(-c2cc3n(c2)Cc2cc(NCC(OC)OC)ccc2-n2ccnc2-3)cc1. The monoisotopic (exact) mass is 425 g/mol. The zero-order valence-electron chi connectivity index (χ0n) is 17.9. The van der Waals surface area contributed by atoms with Gasteiger partial charge in [0.15, 0.2) is 17.8 Å². The van der Waals surface area contributed by atoms with E-state index in [9.17, 15) is 0 Å². The van der Waals surface area contributed by atoms with E-state index in [1.807, 2.05) is 36.7 Å². The fraction of sp³-hybridized carbons (Fsp3) is 0.200. The Morgan fingerprint density at radius 2 is 1.91 bits per heavy atom. The molecule has 0 bridgehead atoms. The average Bonchev–Trinajstić information content (AvgIpc) is 3.45. The first-order chi connectivity index (χ1) is 15.7. The normalized spacial score (nSPS) is 11.9. The van der Waals surface area contributed by atoms with Crippen LogP contribution in [0.25, 0.3) is 33.2 Å². The lowest BCUT2D eigenvalue weighted by molar-refractivity contribution is -0.0914. The quantitative estimate of drug-likeness (QED) is 0.309. The van der Waals surface area contributed by atoms with Crippen molar-refractivity contribution >= 4 is 11.4 Å². The van der Waals surface area contributed by atoms with Crippen molar-refractivity contribution in [3.63, 3.8) is 0 Å². The van der Waals surface area contributed by atoms with Crippen LogP contribution in [-0.4, -0.2) is 41.2 Å². The second kappa shape index (κ2) is 8.35. The van der Waals surface area contributed by atoms with Gasteiger partial charge in [-0.1, -0.05) is 24.3 Å². The molecule has 0 radical (unpaired) electrons. The molecular weight excluding hydrogens is 402 g/mol. The summed E-state index contributed by atoms with van der Waals surface area (Å²) in [6.45, 7) is 8.45. The molecule has 0 fully saturated rings. The molecule has 4 aromatic rings. The van der Waals surface area contributed by atoms with Crippen LogP contribution in [0.4, 0.5) is 11.4 Å². The van der Waals surface area contributed by atoms with E-state index in [-0.39, 0.29) is 6.29 Å². The van der Waals surface area contributed by atoms with Gasteiger partial charge in [0, 0.05) is 50.6 Å². The minimum atomic E-state index is -0.304. The number of hydrogen-bond donors (Lipinski definition) is 1. The largest absolute Gasteiger partial charge is 0.380 e. The summed E-state index contributed by atoms with van der Waals surface area (Å²) in [5, 5.41) is 3.39. The van der Waals surface area contributed by atoms with E-state index in [4.69, 9.17) is 16.0 Å². The van der Waals surface area contributed by atoms with Gasteiger partial charge in [0.1, 0.15) is 0 Å². The van der Waals surface area contributed by atoms with Gasteiger partial charge in [-0.2, -0.15) is 0 Å². The number of methoxy groups -OCH3 is 2. The zero-order chi connectivity index (χ0) is 22.1. The standard InChI is InChI=1S/C25H23N5O2/c1-26-20-6-4-17(5-7-20)18-13-23-25-27-10-11-30(25)22-9-8-21(28-14-24(31-2)32-3)12-19(22)16-29(23)15-18/h4-13,15,24,28H,14,16H2,2-3H3. The molecule has 0 atom stereocenters. The lowest BCUT2D eigenvalue weighted by Gasteiger charge is -2.16. The van der Waals surface area contributed by atoms with Crippen LogP contribution in [0.3, 0.4) is 0 Å². The summed E-state index contributed by atoms with van der Waals surface area (Å²) in [4.78, 5) is 8.13. The second-order valence-electron chi connectivity index (χ2n) is 7.65. The molecule has 7 nitrogen and oxygen atoms in total. The van der Waals surface area contributed by atoms with E-state index in [2.05, 4.69) is 54.7 Å². The third kappa shape index (κ3) is 3.56. The van der Waals surface area contributed by atoms with E-state index >= 15 is 0 Å². The summed E-state index contributed by atoms with van der Waals surface area (Å²) in [7, 11) is 3.27. The van der Waals surface area contributed by atoms with Gasteiger partial charge in [0.05, 0.1) is 24.5 Å². The zero-order valence-corrected chi connectivity index (χ0v) is 17.9. The Hall–Kier alpha value is -3.86. The van der Waals surface area contributed by atoms with Crippen molar-refractivity contribution in [2.45, 2.75) is 12.8 Å². The van der Waals surface area contributed by atoms with Crippen molar-refractivity contribution in [1.29, 1.82) is 0 Å². The number of aromatic nitrogens is 3. The lowest BCUT2D eigenvalue weighted by atomic mass is 10.1. The highest BCUT2D eigenvalue weighted by atomic mass is 16.7. The fourth-order valence-corrected chi connectivity index (χ4v) is 4.11. The molecule has 2 aromatic carbocycles. The molecule has 0 saturated carbocycles. The molecule has 0 saturated heterocycles. The summed E-state index contributed by atoms with van der Waals surface area (Å²) in [5.74, 6) is 0.910. The highest BCUT2D eigenvalue weighted by Gasteiger charge is 2.21. The number of ether oxygens (including phenoxy) is 2.